The Kier molecular flexibility index (Phi) is 74.4. The Labute approximate surface area is 318 Å². The predicted octanol–water partition coefficient (Wildman–Crippen LogP) is 19.8. The van der Waals surface area contributed by atoms with Crippen molar-refractivity contribution in [3.63, 3.8) is 0 Å². The second kappa shape index (κ2) is 52.2. The topological polar surface area (TPSA) is 0 Å². The summed E-state index contributed by atoms with van der Waals surface area (Å²) in [6, 6.07) is 0. The van der Waals surface area contributed by atoms with Gasteiger partial charge in [0.2, 0.25) is 0 Å². The lowest BCUT2D eigenvalue weighted by molar-refractivity contribution is 0.411. The van der Waals surface area contributed by atoms with Crippen LogP contribution in [0.3, 0.4) is 0 Å². The first-order valence-corrected chi connectivity index (χ1v) is 16.4. The molecule has 0 N–H and O–H groups in total. The number of hydrogen-bond donors (Lipinski definition) is 0. The van der Waals surface area contributed by atoms with Gasteiger partial charge in [-0.3, -0.25) is 0 Å². The van der Waals surface area contributed by atoms with E-state index in [-0.39, 0.29) is 16.7 Å². The molecule has 0 aliphatic carbocycles. The van der Waals surface area contributed by atoms with Gasteiger partial charge < -0.3 is 0 Å². The zero-order valence-electron chi connectivity index (χ0n) is 37.9. The lowest BCUT2D eigenvalue weighted by Crippen LogP contribution is -1.66. The summed E-state index contributed by atoms with van der Waals surface area (Å²) < 4.78 is 86.5. The minimum atomic E-state index is -1.83. The fourth-order valence-electron chi connectivity index (χ4n) is 0. The van der Waals surface area contributed by atoms with E-state index < -0.39 is 24.3 Å². The van der Waals surface area contributed by atoms with Gasteiger partial charge in [-0.1, -0.05) is 50.2 Å². The lowest BCUT2D eigenvalue weighted by Gasteiger charge is -1.88. The van der Waals surface area contributed by atoms with Crippen LogP contribution in [0.5, 0.6) is 0 Å². The molecule has 312 valence electrons. The van der Waals surface area contributed by atoms with Gasteiger partial charge in [0.25, 0.3) is 24.3 Å². The molecule has 8 heteroatoms. The molecule has 0 rings (SSSR count). The maximum absolute atomic E-state index is 11.0. The van der Waals surface area contributed by atoms with Crippen LogP contribution >= 0.6 is 0 Å². The van der Waals surface area contributed by atoms with Gasteiger partial charge in [0.05, 0.1) is 0 Å². The third-order valence-corrected chi connectivity index (χ3v) is 4.13. The molecule has 0 spiro atoms. The summed E-state index contributed by atoms with van der Waals surface area (Å²) in [5.41, 5.74) is 12.3. The molecule has 0 aromatic heterocycles. The van der Waals surface area contributed by atoms with E-state index in [1.165, 1.54) is 91.7 Å². The highest BCUT2D eigenvalue weighted by Gasteiger charge is 1.88. The van der Waals surface area contributed by atoms with Gasteiger partial charge in [-0.25, -0.2) is 0 Å². The number of allylic oxidation sites excluding steroid dienone is 12. The van der Waals surface area contributed by atoms with Gasteiger partial charge in [-0.05, 0) is 189 Å². The molecule has 0 aromatic rings. The Morgan fingerprint density at radius 2 is 0.250 bits per heavy atom. The van der Waals surface area contributed by atoms with Crippen LogP contribution in [-0.2, 0) is 0 Å². The van der Waals surface area contributed by atoms with Gasteiger partial charge >= 0.3 is 0 Å². The Morgan fingerprint density at radius 3 is 0.250 bits per heavy atom. The largest absolute Gasteiger partial charge is 0.268 e. The maximum Gasteiger partial charge on any atom is 0.268 e. The molecule has 0 aromatic carbocycles. The van der Waals surface area contributed by atoms with Crippen LogP contribution in [-0.4, -0.2) is 0 Å². The Bertz CT molecular complexity index is 794. The van der Waals surface area contributed by atoms with Crippen molar-refractivity contribution in [3.05, 3.63) is 118 Å². The molecule has 0 unspecified atom stereocenters. The number of rotatable bonds is 0. The summed E-state index contributed by atoms with van der Waals surface area (Å²) in [5.74, 6) is 0. The van der Waals surface area contributed by atoms with Crippen molar-refractivity contribution >= 4 is 0 Å². The standard InChI is InChI=1S/3C6H12.3C4H6F2.3C4H8.C2H2F2/c3*1-5(2)6(3)4;3*1-3(2)4(5)6;3*1-4(2)3;1-2(3)4/h3*1-4H3;3*1-2H3;3*1H2,2-3H3;1H2. The summed E-state index contributed by atoms with van der Waals surface area (Å²) in [7, 11) is 0. The third kappa shape index (κ3) is 227. The number of hydrogen-bond acceptors (Lipinski definition) is 0. The zero-order valence-corrected chi connectivity index (χ0v) is 37.9. The fraction of sp³-hybridized carbons (Fsp3) is 0.545. The van der Waals surface area contributed by atoms with Crippen LogP contribution in [0.15, 0.2) is 118 Å². The fourth-order valence-corrected chi connectivity index (χ4v) is 0. The lowest BCUT2D eigenvalue weighted by atomic mass is 10.2. The highest BCUT2D eigenvalue weighted by atomic mass is 19.3. The van der Waals surface area contributed by atoms with Crippen LogP contribution in [0.25, 0.3) is 0 Å². The summed E-state index contributed by atoms with van der Waals surface area (Å²) in [5, 5.41) is 0. The molecule has 0 fully saturated rings. The highest BCUT2D eigenvalue weighted by molar-refractivity contribution is 5.03. The van der Waals surface area contributed by atoms with Crippen molar-refractivity contribution in [2.45, 2.75) is 166 Å². The van der Waals surface area contributed by atoms with E-state index in [0.717, 1.165) is 0 Å². The minimum absolute atomic E-state index is 0.0926. The van der Waals surface area contributed by atoms with Crippen molar-refractivity contribution in [3.8, 4) is 0 Å². The minimum Gasteiger partial charge on any atom is -0.174 e. The van der Waals surface area contributed by atoms with Crippen molar-refractivity contribution in [2.24, 2.45) is 0 Å². The van der Waals surface area contributed by atoms with Crippen molar-refractivity contribution in [1.29, 1.82) is 0 Å². The van der Waals surface area contributed by atoms with Crippen molar-refractivity contribution < 1.29 is 35.1 Å². The summed E-state index contributed by atoms with van der Waals surface area (Å²) in [6.07, 6.45) is -6.56. The molecule has 0 bridgehead atoms. The first kappa shape index (κ1) is 74.1. The van der Waals surface area contributed by atoms with E-state index in [1.54, 1.807) is 0 Å². The summed E-state index contributed by atoms with van der Waals surface area (Å²) in [4.78, 5) is 0. The van der Waals surface area contributed by atoms with Gasteiger partial charge in [0.1, 0.15) is 0 Å². The Balaban J connectivity index is -0.0000000474. The van der Waals surface area contributed by atoms with Gasteiger partial charge in [0.15, 0.2) is 0 Å². The molecule has 0 saturated heterocycles. The van der Waals surface area contributed by atoms with Crippen LogP contribution in [0.2, 0.25) is 0 Å². The van der Waals surface area contributed by atoms with Crippen molar-refractivity contribution in [2.75, 3.05) is 0 Å². The van der Waals surface area contributed by atoms with Crippen LogP contribution in [0, 0.1) is 0 Å². The monoisotopic (exact) mass is 761 g/mol. The quantitative estimate of drug-likeness (QED) is 0.170. The van der Waals surface area contributed by atoms with Crippen LogP contribution in [0.4, 0.5) is 35.1 Å². The van der Waals surface area contributed by atoms with E-state index in [0.29, 0.717) is 0 Å². The van der Waals surface area contributed by atoms with E-state index >= 15 is 0 Å². The molecule has 0 atom stereocenters. The SMILES string of the molecule is C=C(C)C.C=C(C)C.C=C(C)C.C=C(F)F.CC(C)=C(C)C.CC(C)=C(C)C.CC(C)=C(C)C.CC(C)=C(F)F.CC(C)=C(F)F.CC(C)=C(F)F. The summed E-state index contributed by atoms with van der Waals surface area (Å²) >= 11 is 0. The third-order valence-electron chi connectivity index (χ3n) is 4.13. The molecule has 0 saturated carbocycles. The first-order chi connectivity index (χ1) is 22.8. The molecule has 0 nitrogen and oxygen atoms in total. The highest BCUT2D eigenvalue weighted by Crippen LogP contribution is 2.04. The molecule has 0 heterocycles. The zero-order chi connectivity index (χ0) is 45.2. The summed E-state index contributed by atoms with van der Waals surface area (Å²) in [6.45, 7) is 58.4. The normalized spacial score (nSPS) is 7.54. The molecular formula is C44H80F8. The smallest absolute Gasteiger partial charge is 0.174 e. The van der Waals surface area contributed by atoms with Crippen molar-refractivity contribution in [1.82, 2.24) is 0 Å². The number of halogens is 8. The first-order valence-electron chi connectivity index (χ1n) is 16.4. The Hall–Kier alpha value is -3.16. The van der Waals surface area contributed by atoms with E-state index in [1.807, 2.05) is 41.5 Å². The molecule has 0 aliphatic rings. The second-order valence-corrected chi connectivity index (χ2v) is 13.7. The molecule has 0 aliphatic heterocycles. The molecule has 0 amide bonds. The van der Waals surface area contributed by atoms with Gasteiger partial charge in [-0.2, -0.15) is 35.1 Å². The van der Waals surface area contributed by atoms with E-state index in [2.05, 4.69) is 109 Å². The molecule has 0 radical (unpaired) electrons. The van der Waals surface area contributed by atoms with Gasteiger partial charge in [-0.15, -0.1) is 19.7 Å². The average Bonchev–Trinajstić information content (AvgIpc) is 2.88. The predicted molar refractivity (Wildman–Crippen MR) is 224 cm³/mol. The van der Waals surface area contributed by atoms with E-state index in [4.69, 9.17) is 0 Å². The second-order valence-electron chi connectivity index (χ2n) is 13.7. The molecular weight excluding hydrogens is 680 g/mol. The van der Waals surface area contributed by atoms with Gasteiger partial charge in [0, 0.05) is 0 Å². The van der Waals surface area contributed by atoms with Crippen LogP contribution < -0.4 is 0 Å². The molecule has 52 heavy (non-hydrogen) atoms. The van der Waals surface area contributed by atoms with Crippen LogP contribution in [0.1, 0.15) is 166 Å². The maximum atomic E-state index is 11.0. The average molecular weight is 761 g/mol. The van der Waals surface area contributed by atoms with E-state index in [9.17, 15) is 35.1 Å². The Morgan fingerprint density at radius 1 is 0.212 bits per heavy atom.